The first kappa shape index (κ1) is 19.4. The summed E-state index contributed by atoms with van der Waals surface area (Å²) < 4.78 is 13.8. The second-order valence-corrected chi connectivity index (χ2v) is 7.06. The largest absolute Gasteiger partial charge is 0.357 e. The highest BCUT2D eigenvalue weighted by Crippen LogP contribution is 2.16. The highest BCUT2D eigenvalue weighted by Gasteiger charge is 2.09. The SMILES string of the molecule is CCNC(=NCCCc1nc(C)cs1)NC(C)c1ccc(C)c(F)c1. The summed E-state index contributed by atoms with van der Waals surface area (Å²) in [4.78, 5) is 9.09. The van der Waals surface area contributed by atoms with E-state index in [9.17, 15) is 4.39 Å². The summed E-state index contributed by atoms with van der Waals surface area (Å²) in [5.74, 6) is 0.582. The molecule has 0 aliphatic rings. The first-order valence-electron chi connectivity index (χ1n) is 8.71. The van der Waals surface area contributed by atoms with Gasteiger partial charge in [0.05, 0.1) is 11.0 Å². The van der Waals surface area contributed by atoms with Crippen molar-refractivity contribution in [2.75, 3.05) is 13.1 Å². The van der Waals surface area contributed by atoms with Gasteiger partial charge in [-0.3, -0.25) is 4.99 Å². The van der Waals surface area contributed by atoms with Gasteiger partial charge in [-0.2, -0.15) is 0 Å². The van der Waals surface area contributed by atoms with Gasteiger partial charge >= 0.3 is 0 Å². The molecule has 2 N–H and O–H groups in total. The number of thiazole rings is 1. The Morgan fingerprint density at radius 2 is 2.16 bits per heavy atom. The normalized spacial score (nSPS) is 12.9. The Morgan fingerprint density at radius 3 is 2.80 bits per heavy atom. The van der Waals surface area contributed by atoms with Crippen LogP contribution in [0, 0.1) is 19.7 Å². The summed E-state index contributed by atoms with van der Waals surface area (Å²) in [6.07, 6.45) is 1.90. The Morgan fingerprint density at radius 1 is 1.36 bits per heavy atom. The van der Waals surface area contributed by atoms with Crippen molar-refractivity contribution >= 4 is 17.3 Å². The average Bonchev–Trinajstić information content (AvgIpc) is 2.99. The first-order valence-corrected chi connectivity index (χ1v) is 9.59. The van der Waals surface area contributed by atoms with Gasteiger partial charge < -0.3 is 10.6 Å². The van der Waals surface area contributed by atoms with Gasteiger partial charge in [0, 0.05) is 30.6 Å². The van der Waals surface area contributed by atoms with E-state index >= 15 is 0 Å². The molecule has 0 saturated heterocycles. The van der Waals surface area contributed by atoms with Crippen molar-refractivity contribution in [3.05, 3.63) is 51.2 Å². The van der Waals surface area contributed by atoms with Gasteiger partial charge in [-0.1, -0.05) is 12.1 Å². The monoisotopic (exact) mass is 362 g/mol. The molecule has 1 aromatic carbocycles. The fraction of sp³-hybridized carbons (Fsp3) is 0.474. The maximum absolute atomic E-state index is 13.8. The van der Waals surface area contributed by atoms with Crippen LogP contribution >= 0.6 is 11.3 Å². The molecule has 1 aromatic heterocycles. The van der Waals surface area contributed by atoms with Crippen molar-refractivity contribution in [2.24, 2.45) is 4.99 Å². The zero-order chi connectivity index (χ0) is 18.2. The lowest BCUT2D eigenvalue weighted by atomic mass is 10.1. The molecule has 0 aliphatic heterocycles. The van der Waals surface area contributed by atoms with Crippen LogP contribution in [-0.4, -0.2) is 24.0 Å². The molecule has 1 atom stereocenters. The molecule has 0 spiro atoms. The number of aryl methyl sites for hydroxylation is 3. The minimum absolute atomic E-state index is 0.0190. The van der Waals surface area contributed by atoms with E-state index in [4.69, 9.17) is 0 Å². The van der Waals surface area contributed by atoms with Gasteiger partial charge in [0.2, 0.25) is 0 Å². The number of rotatable bonds is 7. The number of aromatic nitrogens is 1. The number of aliphatic imine (C=N–C) groups is 1. The molecule has 1 unspecified atom stereocenters. The Balaban J connectivity index is 1.90. The third-order valence-corrected chi connectivity index (χ3v) is 4.91. The number of benzene rings is 1. The van der Waals surface area contributed by atoms with E-state index in [1.807, 2.05) is 32.9 Å². The molecule has 0 saturated carbocycles. The van der Waals surface area contributed by atoms with Crippen LogP contribution in [0.3, 0.4) is 0 Å². The number of guanidine groups is 1. The highest BCUT2D eigenvalue weighted by atomic mass is 32.1. The topological polar surface area (TPSA) is 49.3 Å². The summed E-state index contributed by atoms with van der Waals surface area (Å²) in [6, 6.07) is 5.32. The summed E-state index contributed by atoms with van der Waals surface area (Å²) in [5.41, 5.74) is 2.65. The molecular weight excluding hydrogens is 335 g/mol. The second-order valence-electron chi connectivity index (χ2n) is 6.12. The van der Waals surface area contributed by atoms with Crippen LogP contribution in [0.2, 0.25) is 0 Å². The van der Waals surface area contributed by atoms with Crippen LogP contribution in [0.25, 0.3) is 0 Å². The van der Waals surface area contributed by atoms with Crippen molar-refractivity contribution < 1.29 is 4.39 Å². The third kappa shape index (κ3) is 6.12. The lowest BCUT2D eigenvalue weighted by Crippen LogP contribution is -2.38. The predicted octanol–water partition coefficient (Wildman–Crippen LogP) is 4.15. The molecule has 1 heterocycles. The third-order valence-electron chi connectivity index (χ3n) is 3.88. The van der Waals surface area contributed by atoms with E-state index in [2.05, 4.69) is 26.0 Å². The summed E-state index contributed by atoms with van der Waals surface area (Å²) >= 11 is 1.70. The standard InChI is InChI=1S/C19H27FN4S/c1-5-21-19(22-10-6-7-18-23-14(3)12-25-18)24-15(4)16-9-8-13(2)17(20)11-16/h8-9,11-12,15H,5-7,10H2,1-4H3,(H2,21,22,24). The quantitative estimate of drug-likeness (QED) is 0.442. The van der Waals surface area contributed by atoms with E-state index in [-0.39, 0.29) is 11.9 Å². The molecule has 0 radical (unpaired) electrons. The molecule has 0 aliphatic carbocycles. The molecule has 6 heteroatoms. The molecule has 2 rings (SSSR count). The van der Waals surface area contributed by atoms with Gasteiger partial charge in [0.15, 0.2) is 5.96 Å². The van der Waals surface area contributed by atoms with Crippen LogP contribution in [-0.2, 0) is 6.42 Å². The predicted molar refractivity (Wildman–Crippen MR) is 104 cm³/mol. The Bertz CT molecular complexity index is 711. The number of nitrogens with one attached hydrogen (secondary N) is 2. The maximum Gasteiger partial charge on any atom is 0.191 e. The van der Waals surface area contributed by atoms with Crippen molar-refractivity contribution in [1.29, 1.82) is 0 Å². The van der Waals surface area contributed by atoms with Crippen molar-refractivity contribution in [3.63, 3.8) is 0 Å². The molecule has 0 amide bonds. The van der Waals surface area contributed by atoms with E-state index in [0.717, 1.165) is 48.2 Å². The summed E-state index contributed by atoms with van der Waals surface area (Å²) in [5, 5.41) is 9.82. The molecule has 0 bridgehead atoms. The molecule has 2 aromatic rings. The lowest BCUT2D eigenvalue weighted by Gasteiger charge is -2.18. The van der Waals surface area contributed by atoms with E-state index in [0.29, 0.717) is 5.56 Å². The molecular formula is C19H27FN4S. The molecule has 136 valence electrons. The van der Waals surface area contributed by atoms with Gasteiger partial charge in [0.1, 0.15) is 5.82 Å². The number of nitrogens with zero attached hydrogens (tertiary/aromatic N) is 2. The van der Waals surface area contributed by atoms with E-state index in [1.54, 1.807) is 24.3 Å². The Kier molecular flexibility index (Phi) is 7.37. The van der Waals surface area contributed by atoms with Gasteiger partial charge in [0.25, 0.3) is 0 Å². The number of halogens is 1. The lowest BCUT2D eigenvalue weighted by molar-refractivity contribution is 0.607. The summed E-state index contributed by atoms with van der Waals surface area (Å²) in [7, 11) is 0. The Labute approximate surface area is 153 Å². The van der Waals surface area contributed by atoms with Gasteiger partial charge in [-0.15, -0.1) is 11.3 Å². The number of hydrogen-bond acceptors (Lipinski definition) is 3. The smallest absolute Gasteiger partial charge is 0.191 e. The van der Waals surface area contributed by atoms with Crippen LogP contribution in [0.5, 0.6) is 0 Å². The fourth-order valence-corrected chi connectivity index (χ4v) is 3.24. The van der Waals surface area contributed by atoms with Gasteiger partial charge in [-0.05, 0) is 51.3 Å². The highest BCUT2D eigenvalue weighted by molar-refractivity contribution is 7.09. The Hall–Kier alpha value is -1.95. The molecule has 4 nitrogen and oxygen atoms in total. The molecule has 0 fully saturated rings. The van der Waals surface area contributed by atoms with Crippen molar-refractivity contribution in [1.82, 2.24) is 15.6 Å². The van der Waals surface area contributed by atoms with E-state index in [1.165, 1.54) is 0 Å². The van der Waals surface area contributed by atoms with Crippen molar-refractivity contribution in [2.45, 2.75) is 46.6 Å². The zero-order valence-corrected chi connectivity index (χ0v) is 16.2. The summed E-state index contributed by atoms with van der Waals surface area (Å²) in [6.45, 7) is 9.34. The minimum atomic E-state index is -0.174. The fourth-order valence-electron chi connectivity index (χ4n) is 2.43. The average molecular weight is 363 g/mol. The van der Waals surface area contributed by atoms with E-state index < -0.39 is 0 Å². The number of hydrogen-bond donors (Lipinski definition) is 2. The van der Waals surface area contributed by atoms with Crippen molar-refractivity contribution in [3.8, 4) is 0 Å². The van der Waals surface area contributed by atoms with Crippen LogP contribution in [0.1, 0.15) is 48.1 Å². The first-order chi connectivity index (χ1) is 12.0. The van der Waals surface area contributed by atoms with Gasteiger partial charge in [-0.25, -0.2) is 9.37 Å². The zero-order valence-electron chi connectivity index (χ0n) is 15.4. The maximum atomic E-state index is 13.8. The molecule has 25 heavy (non-hydrogen) atoms. The second kappa shape index (κ2) is 9.51. The van der Waals surface area contributed by atoms with Crippen LogP contribution < -0.4 is 10.6 Å². The van der Waals surface area contributed by atoms with Crippen LogP contribution in [0.4, 0.5) is 4.39 Å². The minimum Gasteiger partial charge on any atom is -0.357 e. The van der Waals surface area contributed by atoms with Crippen LogP contribution in [0.15, 0.2) is 28.6 Å².